The molecular weight excluding hydrogens is 282 g/mol. The number of aliphatic hydroxyl groups is 1. The number of rotatable bonds is 4. The van der Waals surface area contributed by atoms with Gasteiger partial charge < -0.3 is 10.4 Å². The van der Waals surface area contributed by atoms with Gasteiger partial charge in [0.25, 0.3) is 0 Å². The zero-order valence-corrected chi connectivity index (χ0v) is 14.1. The molecule has 0 aliphatic carbocycles. The van der Waals surface area contributed by atoms with E-state index in [9.17, 15) is 5.11 Å². The molecule has 0 saturated carbocycles. The van der Waals surface area contributed by atoms with E-state index in [-0.39, 0.29) is 12.0 Å². The van der Waals surface area contributed by atoms with Gasteiger partial charge in [-0.3, -0.25) is 0 Å². The minimum atomic E-state index is -0.254. The van der Waals surface area contributed by atoms with Crippen LogP contribution in [0.25, 0.3) is 0 Å². The Bertz CT molecular complexity index is 598. The summed E-state index contributed by atoms with van der Waals surface area (Å²) in [6.45, 7) is 4.41. The summed E-state index contributed by atoms with van der Waals surface area (Å²) in [5.74, 6) is 0.575. The zero-order chi connectivity index (χ0) is 16.2. The molecular formula is C21H28NO+. The van der Waals surface area contributed by atoms with Crippen molar-refractivity contribution in [1.29, 1.82) is 0 Å². The zero-order valence-electron chi connectivity index (χ0n) is 14.1. The van der Waals surface area contributed by atoms with Gasteiger partial charge in [-0.25, -0.2) is 0 Å². The van der Waals surface area contributed by atoms with Crippen LogP contribution in [-0.2, 0) is 0 Å². The summed E-state index contributed by atoms with van der Waals surface area (Å²) in [6, 6.07) is 21.9. The van der Waals surface area contributed by atoms with E-state index >= 15 is 0 Å². The SMILES string of the molecule is CCC[C@@H]1[C@@H](O)[C@@H](C)[C@@H](c2ccccc2)[NH2+][C@@H]1c1ccccc1. The molecule has 0 radical (unpaired) electrons. The fourth-order valence-corrected chi connectivity index (χ4v) is 4.16. The lowest BCUT2D eigenvalue weighted by atomic mass is 9.72. The fraction of sp³-hybridized carbons (Fsp3) is 0.429. The molecule has 2 nitrogen and oxygen atoms in total. The highest BCUT2D eigenvalue weighted by molar-refractivity contribution is 5.22. The van der Waals surface area contributed by atoms with Crippen molar-refractivity contribution in [2.75, 3.05) is 0 Å². The fourth-order valence-electron chi connectivity index (χ4n) is 4.16. The van der Waals surface area contributed by atoms with Crippen LogP contribution in [-0.4, -0.2) is 11.2 Å². The van der Waals surface area contributed by atoms with Gasteiger partial charge in [-0.1, -0.05) is 80.9 Å². The first-order chi connectivity index (χ1) is 11.2. The second-order valence-corrected chi connectivity index (χ2v) is 6.87. The Balaban J connectivity index is 1.94. The molecule has 2 aromatic rings. The van der Waals surface area contributed by atoms with E-state index in [1.807, 2.05) is 0 Å². The number of aliphatic hydroxyl groups excluding tert-OH is 1. The third-order valence-electron chi connectivity index (χ3n) is 5.41. The molecule has 2 heteroatoms. The normalized spacial score (nSPS) is 31.0. The van der Waals surface area contributed by atoms with Crippen molar-refractivity contribution < 1.29 is 10.4 Å². The van der Waals surface area contributed by atoms with Crippen LogP contribution in [0.2, 0.25) is 0 Å². The molecule has 1 heterocycles. The Labute approximate surface area is 139 Å². The van der Waals surface area contributed by atoms with Crippen molar-refractivity contribution in [3.8, 4) is 0 Å². The standard InChI is InChI=1S/C21H27NO/c1-3-10-18-20(17-13-8-5-9-14-17)22-19(15(2)21(18)23)16-11-6-4-7-12-16/h4-9,11-15,18-23H,3,10H2,1-2H3/p+1/t15-,18-,19-,20+,21-/m0/s1. The van der Waals surface area contributed by atoms with Gasteiger partial charge in [-0.15, -0.1) is 0 Å². The Morgan fingerprint density at radius 1 is 0.870 bits per heavy atom. The maximum atomic E-state index is 11.0. The summed E-state index contributed by atoms with van der Waals surface area (Å²) in [5, 5.41) is 13.5. The lowest BCUT2D eigenvalue weighted by molar-refractivity contribution is -0.760. The highest BCUT2D eigenvalue weighted by Gasteiger charge is 2.45. The molecule has 1 aliphatic rings. The first-order valence-corrected chi connectivity index (χ1v) is 8.85. The highest BCUT2D eigenvalue weighted by atomic mass is 16.3. The van der Waals surface area contributed by atoms with Crippen LogP contribution in [0.4, 0.5) is 0 Å². The van der Waals surface area contributed by atoms with E-state index in [2.05, 4.69) is 79.8 Å². The number of nitrogens with two attached hydrogens (primary N) is 1. The van der Waals surface area contributed by atoms with E-state index in [1.54, 1.807) is 0 Å². The van der Waals surface area contributed by atoms with Crippen LogP contribution >= 0.6 is 0 Å². The van der Waals surface area contributed by atoms with Crippen LogP contribution in [0.3, 0.4) is 0 Å². The quantitative estimate of drug-likeness (QED) is 0.891. The van der Waals surface area contributed by atoms with Crippen LogP contribution in [0.5, 0.6) is 0 Å². The minimum Gasteiger partial charge on any atom is -0.392 e. The highest BCUT2D eigenvalue weighted by Crippen LogP contribution is 2.37. The number of quaternary nitrogens is 1. The first-order valence-electron chi connectivity index (χ1n) is 8.85. The summed E-state index contributed by atoms with van der Waals surface area (Å²) < 4.78 is 0. The average Bonchev–Trinajstić information content (AvgIpc) is 2.61. The van der Waals surface area contributed by atoms with Gasteiger partial charge in [0.15, 0.2) is 0 Å². The topological polar surface area (TPSA) is 36.8 Å². The molecule has 122 valence electrons. The van der Waals surface area contributed by atoms with Crippen molar-refractivity contribution in [1.82, 2.24) is 0 Å². The number of piperidine rings is 1. The van der Waals surface area contributed by atoms with Gasteiger partial charge in [0, 0.05) is 23.0 Å². The lowest BCUT2D eigenvalue weighted by Gasteiger charge is -2.42. The average molecular weight is 310 g/mol. The van der Waals surface area contributed by atoms with Gasteiger partial charge in [-0.2, -0.15) is 0 Å². The smallest absolute Gasteiger partial charge is 0.117 e. The van der Waals surface area contributed by atoms with Crippen LogP contribution < -0.4 is 5.32 Å². The van der Waals surface area contributed by atoms with E-state index in [1.165, 1.54) is 11.1 Å². The van der Waals surface area contributed by atoms with Crippen molar-refractivity contribution in [2.24, 2.45) is 11.8 Å². The minimum absolute atomic E-state index is 0.254. The molecule has 1 fully saturated rings. The molecule has 0 aromatic heterocycles. The molecule has 2 aromatic carbocycles. The van der Waals surface area contributed by atoms with E-state index < -0.39 is 0 Å². The molecule has 0 bridgehead atoms. The molecule has 0 amide bonds. The van der Waals surface area contributed by atoms with Gasteiger partial charge in [0.2, 0.25) is 0 Å². The Morgan fingerprint density at radius 2 is 1.39 bits per heavy atom. The summed E-state index contributed by atoms with van der Waals surface area (Å²) in [7, 11) is 0. The van der Waals surface area contributed by atoms with Gasteiger partial charge in [0.1, 0.15) is 12.1 Å². The molecule has 0 unspecified atom stereocenters. The summed E-state index contributed by atoms with van der Waals surface area (Å²) in [4.78, 5) is 0. The predicted octanol–water partition coefficient (Wildman–Crippen LogP) is 3.46. The Hall–Kier alpha value is -1.64. The van der Waals surface area contributed by atoms with E-state index in [0.29, 0.717) is 18.0 Å². The third kappa shape index (κ3) is 3.34. The molecule has 3 N–H and O–H groups in total. The largest absolute Gasteiger partial charge is 0.392 e. The lowest BCUT2D eigenvalue weighted by Crippen LogP contribution is -2.92. The second kappa shape index (κ2) is 7.29. The molecule has 1 saturated heterocycles. The predicted molar refractivity (Wildman–Crippen MR) is 93.9 cm³/mol. The molecule has 23 heavy (non-hydrogen) atoms. The molecule has 0 spiro atoms. The van der Waals surface area contributed by atoms with Gasteiger partial charge in [0.05, 0.1) is 6.10 Å². The third-order valence-corrected chi connectivity index (χ3v) is 5.41. The maximum absolute atomic E-state index is 11.0. The van der Waals surface area contributed by atoms with Crippen LogP contribution in [0.1, 0.15) is 49.9 Å². The van der Waals surface area contributed by atoms with Crippen molar-refractivity contribution in [2.45, 2.75) is 44.9 Å². The summed E-state index contributed by atoms with van der Waals surface area (Å²) in [5.41, 5.74) is 2.65. The Morgan fingerprint density at radius 3 is 1.91 bits per heavy atom. The number of hydrogen-bond acceptors (Lipinski definition) is 1. The number of hydrogen-bond donors (Lipinski definition) is 2. The maximum Gasteiger partial charge on any atom is 0.117 e. The molecule has 1 aliphatic heterocycles. The second-order valence-electron chi connectivity index (χ2n) is 6.87. The van der Waals surface area contributed by atoms with Gasteiger partial charge in [-0.05, 0) is 6.42 Å². The molecule has 3 rings (SSSR count). The van der Waals surface area contributed by atoms with Gasteiger partial charge >= 0.3 is 0 Å². The van der Waals surface area contributed by atoms with E-state index in [0.717, 1.165) is 12.8 Å². The summed E-state index contributed by atoms with van der Waals surface area (Å²) in [6.07, 6.45) is 1.93. The first kappa shape index (κ1) is 16.2. The Kier molecular flexibility index (Phi) is 5.14. The van der Waals surface area contributed by atoms with Crippen molar-refractivity contribution in [3.05, 3.63) is 71.8 Å². The molecule has 5 atom stereocenters. The monoisotopic (exact) mass is 310 g/mol. The van der Waals surface area contributed by atoms with Crippen molar-refractivity contribution in [3.63, 3.8) is 0 Å². The summed E-state index contributed by atoms with van der Waals surface area (Å²) >= 11 is 0. The van der Waals surface area contributed by atoms with Crippen molar-refractivity contribution >= 4 is 0 Å². The van der Waals surface area contributed by atoms with Crippen LogP contribution in [0.15, 0.2) is 60.7 Å². The number of benzene rings is 2. The van der Waals surface area contributed by atoms with E-state index in [4.69, 9.17) is 0 Å². The van der Waals surface area contributed by atoms with Crippen LogP contribution in [0, 0.1) is 11.8 Å².